The Kier molecular flexibility index (Phi) is 4.82. The van der Waals surface area contributed by atoms with Crippen molar-refractivity contribution in [2.24, 2.45) is 5.92 Å². The van der Waals surface area contributed by atoms with E-state index in [2.05, 4.69) is 16.7 Å². The molecule has 0 aromatic rings. The van der Waals surface area contributed by atoms with Gasteiger partial charge in [0.05, 0.1) is 19.3 Å². The van der Waals surface area contributed by atoms with Crippen molar-refractivity contribution in [1.29, 1.82) is 0 Å². The van der Waals surface area contributed by atoms with E-state index in [0.717, 1.165) is 65.0 Å². The van der Waals surface area contributed by atoms with Gasteiger partial charge in [0.15, 0.2) is 0 Å². The molecule has 2 heterocycles. The van der Waals surface area contributed by atoms with Gasteiger partial charge in [-0.05, 0) is 39.0 Å². The number of amides is 1. The molecule has 0 aromatic heterocycles. The first kappa shape index (κ1) is 15.3. The summed E-state index contributed by atoms with van der Waals surface area (Å²) in [6, 6.07) is 0.800. The number of nitrogens with zero attached hydrogens (tertiary/aromatic N) is 2. The second kappa shape index (κ2) is 6.63. The largest absolute Gasteiger partial charge is 0.393 e. The molecule has 1 saturated carbocycles. The number of aliphatic hydroxyl groups excluding tert-OH is 1. The second-order valence-electron chi connectivity index (χ2n) is 6.78. The van der Waals surface area contributed by atoms with Crippen LogP contribution in [0.15, 0.2) is 0 Å². The number of carbonyl (C=O) groups is 1. The molecule has 0 aromatic carbocycles. The average Bonchev–Trinajstić information content (AvgIpc) is 2.90. The van der Waals surface area contributed by atoms with Crippen LogP contribution in [0.5, 0.6) is 0 Å². The fraction of sp³-hybridized carbons (Fsp3) is 0.938. The van der Waals surface area contributed by atoms with Gasteiger partial charge in [-0.2, -0.15) is 0 Å². The van der Waals surface area contributed by atoms with Crippen LogP contribution in [0.4, 0.5) is 0 Å². The molecule has 2 atom stereocenters. The van der Waals surface area contributed by atoms with E-state index in [-0.39, 0.29) is 12.0 Å². The highest BCUT2D eigenvalue weighted by atomic mass is 16.5. The normalized spacial score (nSPS) is 38.7. The zero-order valence-electron chi connectivity index (χ0n) is 13.0. The van der Waals surface area contributed by atoms with Gasteiger partial charge in [0, 0.05) is 37.6 Å². The second-order valence-corrected chi connectivity index (χ2v) is 6.78. The topological polar surface area (TPSA) is 53.0 Å². The summed E-state index contributed by atoms with van der Waals surface area (Å²) >= 11 is 0. The summed E-state index contributed by atoms with van der Waals surface area (Å²) in [4.78, 5) is 17.3. The molecule has 0 radical (unpaired) electrons. The fourth-order valence-electron chi connectivity index (χ4n) is 4.19. The zero-order chi connectivity index (χ0) is 14.8. The van der Waals surface area contributed by atoms with Crippen LogP contribution in [0.3, 0.4) is 0 Å². The van der Waals surface area contributed by atoms with Crippen molar-refractivity contribution in [1.82, 2.24) is 9.80 Å². The number of likely N-dealkylation sites (tertiary alicyclic amines) is 1. The zero-order valence-corrected chi connectivity index (χ0v) is 13.0. The van der Waals surface area contributed by atoms with E-state index in [0.29, 0.717) is 18.0 Å². The molecule has 1 amide bonds. The van der Waals surface area contributed by atoms with Crippen molar-refractivity contribution in [2.75, 3.05) is 32.8 Å². The third kappa shape index (κ3) is 3.25. The van der Waals surface area contributed by atoms with E-state index >= 15 is 0 Å². The van der Waals surface area contributed by atoms with Crippen molar-refractivity contribution >= 4 is 5.91 Å². The van der Waals surface area contributed by atoms with Crippen molar-refractivity contribution < 1.29 is 14.6 Å². The summed E-state index contributed by atoms with van der Waals surface area (Å²) in [6.45, 7) is 6.71. The molecule has 0 spiro atoms. The number of carbonyl (C=O) groups excluding carboxylic acids is 1. The van der Waals surface area contributed by atoms with Crippen LogP contribution in [0.2, 0.25) is 0 Å². The first-order chi connectivity index (χ1) is 10.2. The van der Waals surface area contributed by atoms with Crippen molar-refractivity contribution in [3.8, 4) is 0 Å². The summed E-state index contributed by atoms with van der Waals surface area (Å²) in [6.07, 6.45) is 4.17. The van der Waals surface area contributed by atoms with E-state index in [9.17, 15) is 9.90 Å². The van der Waals surface area contributed by atoms with E-state index in [1.165, 1.54) is 0 Å². The monoisotopic (exact) mass is 296 g/mol. The van der Waals surface area contributed by atoms with Gasteiger partial charge in [0.25, 0.3) is 0 Å². The van der Waals surface area contributed by atoms with Crippen LogP contribution >= 0.6 is 0 Å². The maximum atomic E-state index is 12.7. The van der Waals surface area contributed by atoms with Gasteiger partial charge >= 0.3 is 0 Å². The van der Waals surface area contributed by atoms with Crippen LogP contribution in [-0.2, 0) is 9.53 Å². The summed E-state index contributed by atoms with van der Waals surface area (Å²) in [5.74, 6) is 0.462. The van der Waals surface area contributed by atoms with Crippen molar-refractivity contribution in [2.45, 2.75) is 57.2 Å². The van der Waals surface area contributed by atoms with Gasteiger partial charge in [-0.3, -0.25) is 9.69 Å². The number of hydrogen-bond acceptors (Lipinski definition) is 4. The molecule has 3 fully saturated rings. The first-order valence-electron chi connectivity index (χ1n) is 8.47. The first-order valence-corrected chi connectivity index (χ1v) is 8.47. The maximum Gasteiger partial charge on any atom is 0.225 e. The summed E-state index contributed by atoms with van der Waals surface area (Å²) in [5.41, 5.74) is 0. The van der Waals surface area contributed by atoms with Gasteiger partial charge in [-0.25, -0.2) is 0 Å². The smallest absolute Gasteiger partial charge is 0.225 e. The molecule has 5 heteroatoms. The van der Waals surface area contributed by atoms with Crippen LogP contribution in [0.1, 0.15) is 39.0 Å². The Balaban J connectivity index is 1.57. The van der Waals surface area contributed by atoms with Crippen LogP contribution in [0.25, 0.3) is 0 Å². The molecular formula is C16H28N2O3. The Morgan fingerprint density at radius 1 is 1.05 bits per heavy atom. The average molecular weight is 296 g/mol. The number of rotatable bonds is 2. The van der Waals surface area contributed by atoms with Crippen molar-refractivity contribution in [3.63, 3.8) is 0 Å². The standard InChI is InChI=1S/C16H28N2O3/c1-12-15(17-8-10-21-11-9-17)6-7-18(12)16(20)13-2-4-14(19)5-3-13/h12-15,19H,2-11H2,1H3/t12-,13?,14?,15-/m1/s1. The minimum absolute atomic E-state index is 0.138. The Morgan fingerprint density at radius 3 is 2.38 bits per heavy atom. The van der Waals surface area contributed by atoms with E-state index in [4.69, 9.17) is 4.74 Å². The molecule has 1 aliphatic carbocycles. The minimum atomic E-state index is -0.189. The molecule has 2 saturated heterocycles. The summed E-state index contributed by atoms with van der Waals surface area (Å²) in [5, 5.41) is 9.59. The predicted molar refractivity (Wildman–Crippen MR) is 79.9 cm³/mol. The highest BCUT2D eigenvalue weighted by Crippen LogP contribution is 2.30. The van der Waals surface area contributed by atoms with Crippen molar-refractivity contribution in [3.05, 3.63) is 0 Å². The molecule has 21 heavy (non-hydrogen) atoms. The lowest BCUT2D eigenvalue weighted by Crippen LogP contribution is -2.50. The number of aliphatic hydroxyl groups is 1. The maximum absolute atomic E-state index is 12.7. The fourth-order valence-corrected chi connectivity index (χ4v) is 4.19. The number of ether oxygens (including phenoxy) is 1. The summed E-state index contributed by atoms with van der Waals surface area (Å²) in [7, 11) is 0. The van der Waals surface area contributed by atoms with Crippen LogP contribution < -0.4 is 0 Å². The Hall–Kier alpha value is -0.650. The number of morpholine rings is 1. The molecule has 120 valence electrons. The highest BCUT2D eigenvalue weighted by Gasteiger charge is 2.40. The molecular weight excluding hydrogens is 268 g/mol. The van der Waals surface area contributed by atoms with E-state index in [1.54, 1.807) is 0 Å². The third-order valence-corrected chi connectivity index (χ3v) is 5.56. The minimum Gasteiger partial charge on any atom is -0.393 e. The predicted octanol–water partition coefficient (Wildman–Crippen LogP) is 0.859. The molecule has 0 bridgehead atoms. The Morgan fingerprint density at radius 2 is 1.71 bits per heavy atom. The van der Waals surface area contributed by atoms with Gasteiger partial charge in [-0.15, -0.1) is 0 Å². The molecule has 3 rings (SSSR count). The van der Waals surface area contributed by atoms with E-state index < -0.39 is 0 Å². The third-order valence-electron chi connectivity index (χ3n) is 5.56. The lowest BCUT2D eigenvalue weighted by Gasteiger charge is -2.37. The van der Waals surface area contributed by atoms with Gasteiger partial charge in [0.1, 0.15) is 0 Å². The Labute approximate surface area is 127 Å². The molecule has 3 aliphatic rings. The molecule has 1 N–H and O–H groups in total. The quantitative estimate of drug-likeness (QED) is 0.821. The number of hydrogen-bond donors (Lipinski definition) is 1. The van der Waals surface area contributed by atoms with E-state index in [1.807, 2.05) is 0 Å². The van der Waals surface area contributed by atoms with Gasteiger partial charge in [0.2, 0.25) is 5.91 Å². The van der Waals surface area contributed by atoms with Crippen LogP contribution in [0, 0.1) is 5.92 Å². The molecule has 2 aliphatic heterocycles. The van der Waals surface area contributed by atoms with Gasteiger partial charge in [-0.1, -0.05) is 0 Å². The lowest BCUT2D eigenvalue weighted by molar-refractivity contribution is -0.138. The highest BCUT2D eigenvalue weighted by molar-refractivity contribution is 5.79. The van der Waals surface area contributed by atoms with Gasteiger partial charge < -0.3 is 14.7 Å². The molecule has 5 nitrogen and oxygen atoms in total. The Bertz CT molecular complexity index is 363. The summed E-state index contributed by atoms with van der Waals surface area (Å²) < 4.78 is 5.43. The SMILES string of the molecule is C[C@@H]1[C@H](N2CCOCC2)CCN1C(=O)C1CCC(O)CC1. The molecule has 0 unspecified atom stereocenters. The van der Waals surface area contributed by atoms with Crippen LogP contribution in [-0.4, -0.2) is 71.8 Å². The lowest BCUT2D eigenvalue weighted by atomic mass is 9.86.